The van der Waals surface area contributed by atoms with E-state index in [2.05, 4.69) is 167 Å². The minimum atomic E-state index is 0.0151. The Morgan fingerprint density at radius 1 is 0.571 bits per heavy atom. The molecule has 0 fully saturated rings. The monoisotopic (exact) mass is 642 g/mol. The third-order valence-electron chi connectivity index (χ3n) is 11.4. The number of aryl methyl sites for hydroxylation is 1. The number of benzene rings is 4. The molecule has 0 bridgehead atoms. The second-order valence-electron chi connectivity index (χ2n) is 13.9. The fraction of sp³-hybridized carbons (Fsp3) is 0.283. The predicted molar refractivity (Wildman–Crippen MR) is 204 cm³/mol. The molecule has 3 heterocycles. The maximum Gasteiger partial charge on any atom is 0.213 e. The van der Waals surface area contributed by atoms with E-state index in [1.165, 1.54) is 46.4 Å². The summed E-state index contributed by atoms with van der Waals surface area (Å²) in [5.74, 6) is 0.741. The van der Waals surface area contributed by atoms with Crippen LogP contribution in [0.2, 0.25) is 0 Å². The number of fused-ring (bicyclic) bond motifs is 3. The average molecular weight is 643 g/mol. The van der Waals surface area contributed by atoms with Crippen molar-refractivity contribution >= 4 is 0 Å². The van der Waals surface area contributed by atoms with E-state index in [0.717, 1.165) is 59.6 Å². The molecule has 2 aromatic heterocycles. The smallest absolute Gasteiger partial charge is 0.213 e. The molecule has 6 aromatic rings. The fourth-order valence-corrected chi connectivity index (χ4v) is 8.45. The van der Waals surface area contributed by atoms with Crippen molar-refractivity contribution in [2.45, 2.75) is 84.1 Å². The molecule has 0 N–H and O–H groups in total. The summed E-state index contributed by atoms with van der Waals surface area (Å²) in [6.07, 6.45) is 9.01. The van der Waals surface area contributed by atoms with Gasteiger partial charge in [0.05, 0.1) is 22.4 Å². The Bertz CT molecular complexity index is 2090. The van der Waals surface area contributed by atoms with Gasteiger partial charge >= 0.3 is 0 Å². The Balaban J connectivity index is 1.34. The summed E-state index contributed by atoms with van der Waals surface area (Å²) >= 11 is 0. The zero-order valence-electron chi connectivity index (χ0n) is 29.7. The topological polar surface area (TPSA) is 29.7 Å². The zero-order valence-corrected chi connectivity index (χ0v) is 29.7. The van der Waals surface area contributed by atoms with Crippen molar-refractivity contribution in [3.63, 3.8) is 0 Å². The summed E-state index contributed by atoms with van der Waals surface area (Å²) < 4.78 is 2.58. The minimum Gasteiger partial charge on any atom is -0.228 e. The highest BCUT2D eigenvalue weighted by molar-refractivity contribution is 5.78. The molecule has 0 spiro atoms. The van der Waals surface area contributed by atoms with E-state index < -0.39 is 0 Å². The number of hydrogen-bond acceptors (Lipinski definition) is 2. The lowest BCUT2D eigenvalue weighted by atomic mass is 9.58. The molecule has 3 heteroatoms. The summed E-state index contributed by atoms with van der Waals surface area (Å²) in [6, 6.07) is 44.0. The Kier molecular flexibility index (Phi) is 9.03. The first-order chi connectivity index (χ1) is 23.9. The van der Waals surface area contributed by atoms with Crippen LogP contribution in [0.3, 0.4) is 0 Å². The fourth-order valence-electron chi connectivity index (χ4n) is 8.45. The van der Waals surface area contributed by atoms with Crippen molar-refractivity contribution in [3.8, 4) is 56.3 Å². The second kappa shape index (κ2) is 13.6. The van der Waals surface area contributed by atoms with Gasteiger partial charge in [-0.2, -0.15) is 4.57 Å². The van der Waals surface area contributed by atoms with Crippen LogP contribution in [-0.4, -0.2) is 9.97 Å². The molecule has 49 heavy (non-hydrogen) atoms. The molecule has 1 aliphatic rings. The number of pyridine rings is 1. The third kappa shape index (κ3) is 5.69. The highest BCUT2D eigenvalue weighted by Crippen LogP contribution is 2.51. The average Bonchev–Trinajstić information content (AvgIpc) is 3.17. The van der Waals surface area contributed by atoms with Crippen molar-refractivity contribution in [1.29, 1.82) is 0 Å². The first kappa shape index (κ1) is 32.6. The van der Waals surface area contributed by atoms with E-state index in [0.29, 0.717) is 0 Å². The zero-order chi connectivity index (χ0) is 34.0. The van der Waals surface area contributed by atoms with Crippen LogP contribution in [0.25, 0.3) is 56.3 Å². The Labute approximate surface area is 292 Å². The molecule has 0 saturated heterocycles. The van der Waals surface area contributed by atoms with E-state index >= 15 is 0 Å². The molecule has 0 aliphatic carbocycles. The van der Waals surface area contributed by atoms with Crippen molar-refractivity contribution in [1.82, 2.24) is 9.97 Å². The standard InChI is InChI=1S/C46H48N3/c1-6-10-18-33-19-16-23-37(29-33)42-32-41(34-20-12-11-13-21-34)47-44(48-42)38-24-17-22-35(30-38)36-26-27-40-39(31-36)43-25-14-15-28-49(43)46(8-3,9-4)45(40,5)7-2/h11-17,19-32H,6-10,18H2,1-5H3/q+1. The summed E-state index contributed by atoms with van der Waals surface area (Å²) in [6.45, 7) is 11.8. The third-order valence-corrected chi connectivity index (χ3v) is 11.4. The highest BCUT2D eigenvalue weighted by Gasteiger charge is 2.58. The van der Waals surface area contributed by atoms with Crippen LogP contribution in [0.1, 0.15) is 77.8 Å². The first-order valence-electron chi connectivity index (χ1n) is 18.2. The molecular formula is C46H48N3+. The van der Waals surface area contributed by atoms with Gasteiger partial charge in [0.2, 0.25) is 5.69 Å². The van der Waals surface area contributed by atoms with Crippen LogP contribution >= 0.6 is 0 Å². The van der Waals surface area contributed by atoms with Crippen molar-refractivity contribution in [2.24, 2.45) is 0 Å². The number of hydrogen-bond donors (Lipinski definition) is 0. The number of unbranched alkanes of at least 4 members (excludes halogenated alkanes) is 1. The van der Waals surface area contributed by atoms with E-state index in [9.17, 15) is 0 Å². The largest absolute Gasteiger partial charge is 0.228 e. The highest BCUT2D eigenvalue weighted by atomic mass is 15.1. The summed E-state index contributed by atoms with van der Waals surface area (Å²) in [5.41, 5.74) is 13.0. The SMILES string of the molecule is CCCCc1cccc(-c2cc(-c3ccccc3)nc(-c3cccc(-c4ccc5c(c4)-c4cccc[n+]4C(CC)(CC)C5(C)CC)c3)n2)c1. The van der Waals surface area contributed by atoms with Crippen LogP contribution in [0, 0.1) is 0 Å². The van der Waals surface area contributed by atoms with Gasteiger partial charge in [-0.25, -0.2) is 9.97 Å². The first-order valence-corrected chi connectivity index (χ1v) is 18.2. The maximum atomic E-state index is 5.21. The van der Waals surface area contributed by atoms with Crippen molar-refractivity contribution < 1.29 is 4.57 Å². The van der Waals surface area contributed by atoms with Crippen LogP contribution in [-0.2, 0) is 17.4 Å². The molecule has 4 aromatic carbocycles. The molecule has 3 nitrogen and oxygen atoms in total. The predicted octanol–water partition coefficient (Wildman–Crippen LogP) is 11.6. The van der Waals surface area contributed by atoms with E-state index in [1.807, 2.05) is 0 Å². The Morgan fingerprint density at radius 2 is 1.24 bits per heavy atom. The van der Waals surface area contributed by atoms with Gasteiger partial charge in [0.15, 0.2) is 17.6 Å². The number of rotatable bonds is 10. The van der Waals surface area contributed by atoms with Gasteiger partial charge in [0.25, 0.3) is 0 Å². The Hall–Kier alpha value is -4.89. The van der Waals surface area contributed by atoms with Gasteiger partial charge in [0.1, 0.15) is 0 Å². The molecule has 0 saturated carbocycles. The summed E-state index contributed by atoms with van der Waals surface area (Å²) in [7, 11) is 0. The molecule has 0 radical (unpaired) electrons. The quantitative estimate of drug-likeness (QED) is 0.139. The molecule has 1 unspecified atom stereocenters. The van der Waals surface area contributed by atoms with Gasteiger partial charge in [0, 0.05) is 41.7 Å². The minimum absolute atomic E-state index is 0.0151. The van der Waals surface area contributed by atoms with Gasteiger partial charge in [-0.05, 0) is 78.8 Å². The Morgan fingerprint density at radius 3 is 2.00 bits per heavy atom. The number of aromatic nitrogens is 3. The summed E-state index contributed by atoms with van der Waals surface area (Å²) in [5, 5.41) is 0. The molecule has 7 rings (SSSR count). The van der Waals surface area contributed by atoms with Crippen molar-refractivity contribution in [3.05, 3.63) is 139 Å². The normalized spacial score (nSPS) is 16.2. The number of nitrogens with zero attached hydrogens (tertiary/aromatic N) is 3. The van der Waals surface area contributed by atoms with E-state index in [4.69, 9.17) is 9.97 Å². The molecule has 0 amide bonds. The molecule has 246 valence electrons. The van der Waals surface area contributed by atoms with Gasteiger partial charge in [-0.15, -0.1) is 0 Å². The van der Waals surface area contributed by atoms with Gasteiger partial charge in [-0.1, -0.05) is 113 Å². The lowest BCUT2D eigenvalue weighted by Crippen LogP contribution is -2.68. The lowest BCUT2D eigenvalue weighted by molar-refractivity contribution is -0.769. The second-order valence-corrected chi connectivity index (χ2v) is 13.9. The van der Waals surface area contributed by atoms with Crippen LogP contribution in [0.5, 0.6) is 0 Å². The molecule has 1 atom stereocenters. The van der Waals surface area contributed by atoms with Crippen LogP contribution < -0.4 is 4.57 Å². The van der Waals surface area contributed by atoms with Crippen molar-refractivity contribution in [2.75, 3.05) is 0 Å². The maximum absolute atomic E-state index is 5.21. The van der Waals surface area contributed by atoms with Crippen LogP contribution in [0.15, 0.2) is 128 Å². The lowest BCUT2D eigenvalue weighted by Gasteiger charge is -2.47. The van der Waals surface area contributed by atoms with Gasteiger partial charge in [-0.3, -0.25) is 0 Å². The molecular weight excluding hydrogens is 595 g/mol. The van der Waals surface area contributed by atoms with Gasteiger partial charge < -0.3 is 0 Å². The van der Waals surface area contributed by atoms with E-state index in [1.54, 1.807) is 0 Å². The summed E-state index contributed by atoms with van der Waals surface area (Å²) in [4.78, 5) is 10.4. The molecule has 1 aliphatic heterocycles. The van der Waals surface area contributed by atoms with E-state index in [-0.39, 0.29) is 11.0 Å². The van der Waals surface area contributed by atoms with Crippen LogP contribution in [0.4, 0.5) is 0 Å².